The molecule has 0 saturated carbocycles. The lowest BCUT2D eigenvalue weighted by Crippen LogP contribution is -2.35. The summed E-state index contributed by atoms with van der Waals surface area (Å²) < 4.78 is 0. The highest BCUT2D eigenvalue weighted by Crippen LogP contribution is 2.21. The van der Waals surface area contributed by atoms with Gasteiger partial charge in [0.25, 0.3) is 0 Å². The van der Waals surface area contributed by atoms with E-state index in [0.717, 1.165) is 10.9 Å². The second-order valence-electron chi connectivity index (χ2n) is 4.40. The third-order valence-corrected chi connectivity index (χ3v) is 3.87. The second-order valence-corrected chi connectivity index (χ2v) is 5.05. The topological polar surface area (TPSA) is 40.6 Å². The second kappa shape index (κ2) is 5.52. The SMILES string of the molecule is CN1CC(=O)N(CC(CBr)c2ccccc2)C1=O. The van der Waals surface area contributed by atoms with Crippen LogP contribution in [0.3, 0.4) is 0 Å². The molecular weight excluding hydrogens is 296 g/mol. The van der Waals surface area contributed by atoms with Crippen molar-refractivity contribution >= 4 is 27.9 Å². The summed E-state index contributed by atoms with van der Waals surface area (Å²) in [6.45, 7) is 0.611. The first-order valence-electron chi connectivity index (χ1n) is 5.80. The van der Waals surface area contributed by atoms with Crippen molar-refractivity contribution in [3.05, 3.63) is 35.9 Å². The first-order valence-corrected chi connectivity index (χ1v) is 6.92. The molecule has 18 heavy (non-hydrogen) atoms. The van der Waals surface area contributed by atoms with E-state index in [1.54, 1.807) is 7.05 Å². The molecule has 1 aromatic carbocycles. The number of carbonyl (C=O) groups is 2. The molecular formula is C13H15BrN2O2. The smallest absolute Gasteiger partial charge is 0.318 e. The maximum Gasteiger partial charge on any atom is 0.326 e. The van der Waals surface area contributed by atoms with Crippen LogP contribution in [0.5, 0.6) is 0 Å². The Balaban J connectivity index is 2.12. The molecule has 0 aliphatic carbocycles. The van der Waals surface area contributed by atoms with Crippen LogP contribution in [0.2, 0.25) is 0 Å². The lowest BCUT2D eigenvalue weighted by Gasteiger charge is -2.21. The number of amides is 3. The summed E-state index contributed by atoms with van der Waals surface area (Å²) in [5, 5.41) is 0.720. The van der Waals surface area contributed by atoms with Crippen LogP contribution in [0.4, 0.5) is 4.79 Å². The predicted octanol–water partition coefficient (Wildman–Crippen LogP) is 2.06. The maximum absolute atomic E-state index is 11.8. The molecule has 0 aromatic heterocycles. The molecule has 4 nitrogen and oxygen atoms in total. The molecule has 1 unspecified atom stereocenters. The highest BCUT2D eigenvalue weighted by molar-refractivity contribution is 9.09. The minimum Gasteiger partial charge on any atom is -0.318 e. The first kappa shape index (κ1) is 13.1. The fourth-order valence-electron chi connectivity index (χ4n) is 2.04. The van der Waals surface area contributed by atoms with Crippen LogP contribution in [0.15, 0.2) is 30.3 Å². The van der Waals surface area contributed by atoms with E-state index in [1.165, 1.54) is 9.80 Å². The quantitative estimate of drug-likeness (QED) is 0.631. The zero-order valence-corrected chi connectivity index (χ0v) is 11.8. The summed E-state index contributed by atoms with van der Waals surface area (Å²) in [7, 11) is 1.64. The number of rotatable bonds is 4. The first-order chi connectivity index (χ1) is 8.63. The number of nitrogens with zero attached hydrogens (tertiary/aromatic N) is 2. The molecule has 1 atom stereocenters. The molecule has 2 rings (SSSR count). The van der Waals surface area contributed by atoms with Crippen LogP contribution < -0.4 is 0 Å². The molecule has 1 fully saturated rings. The number of alkyl halides is 1. The van der Waals surface area contributed by atoms with Crippen molar-refractivity contribution in [2.24, 2.45) is 0 Å². The van der Waals surface area contributed by atoms with Crippen molar-refractivity contribution < 1.29 is 9.59 Å². The minimum absolute atomic E-state index is 0.121. The van der Waals surface area contributed by atoms with Crippen LogP contribution in [0, 0.1) is 0 Å². The van der Waals surface area contributed by atoms with Crippen molar-refractivity contribution in [2.45, 2.75) is 5.92 Å². The zero-order chi connectivity index (χ0) is 13.1. The Morgan fingerprint density at radius 3 is 2.44 bits per heavy atom. The molecule has 0 N–H and O–H groups in total. The molecule has 1 saturated heterocycles. The van der Waals surface area contributed by atoms with Gasteiger partial charge in [0.2, 0.25) is 5.91 Å². The van der Waals surface area contributed by atoms with Crippen LogP contribution >= 0.6 is 15.9 Å². The Morgan fingerprint density at radius 1 is 1.28 bits per heavy atom. The van der Waals surface area contributed by atoms with E-state index < -0.39 is 0 Å². The number of likely N-dealkylation sites (N-methyl/N-ethyl adjacent to an activating group) is 1. The van der Waals surface area contributed by atoms with Gasteiger partial charge in [-0.1, -0.05) is 46.3 Å². The van der Waals surface area contributed by atoms with Crippen molar-refractivity contribution in [2.75, 3.05) is 25.5 Å². The van der Waals surface area contributed by atoms with Gasteiger partial charge >= 0.3 is 6.03 Å². The molecule has 5 heteroatoms. The van der Waals surface area contributed by atoms with Crippen LogP contribution in [0.25, 0.3) is 0 Å². The average molecular weight is 311 g/mol. The molecule has 1 aliphatic rings. The number of imide groups is 1. The number of hydrogen-bond donors (Lipinski definition) is 0. The summed E-state index contributed by atoms with van der Waals surface area (Å²) in [5.74, 6) is 0.00924. The maximum atomic E-state index is 11.8. The Kier molecular flexibility index (Phi) is 4.01. The molecule has 1 heterocycles. The Hall–Kier alpha value is -1.36. The van der Waals surface area contributed by atoms with Gasteiger partial charge in [-0.2, -0.15) is 0 Å². The molecule has 3 amide bonds. The van der Waals surface area contributed by atoms with Gasteiger partial charge in [-0.25, -0.2) is 4.79 Å². The van der Waals surface area contributed by atoms with E-state index in [1.807, 2.05) is 30.3 Å². The summed E-state index contributed by atoms with van der Waals surface area (Å²) in [5.41, 5.74) is 1.13. The van der Waals surface area contributed by atoms with Gasteiger partial charge < -0.3 is 4.90 Å². The molecule has 0 bridgehead atoms. The van der Waals surface area contributed by atoms with Gasteiger partial charge in [0.1, 0.15) is 6.54 Å². The lowest BCUT2D eigenvalue weighted by atomic mass is 10.0. The van der Waals surface area contributed by atoms with Gasteiger partial charge in [-0.05, 0) is 5.56 Å². The molecule has 96 valence electrons. The molecule has 0 spiro atoms. The largest absolute Gasteiger partial charge is 0.326 e. The van der Waals surface area contributed by atoms with E-state index in [0.29, 0.717) is 6.54 Å². The Morgan fingerprint density at radius 2 is 1.94 bits per heavy atom. The van der Waals surface area contributed by atoms with E-state index >= 15 is 0 Å². The Bertz CT molecular complexity index is 450. The van der Waals surface area contributed by atoms with Gasteiger partial charge in [0.05, 0.1) is 0 Å². The third kappa shape index (κ3) is 2.56. The number of urea groups is 1. The van der Waals surface area contributed by atoms with Gasteiger partial charge in [0.15, 0.2) is 0 Å². The van der Waals surface area contributed by atoms with E-state index in [9.17, 15) is 9.59 Å². The number of carbonyl (C=O) groups excluding carboxylic acids is 2. The summed E-state index contributed by atoms with van der Waals surface area (Å²) in [6.07, 6.45) is 0. The van der Waals surface area contributed by atoms with Crippen LogP contribution in [0.1, 0.15) is 11.5 Å². The lowest BCUT2D eigenvalue weighted by molar-refractivity contribution is -0.125. The number of halogens is 1. The molecule has 0 radical (unpaired) electrons. The summed E-state index contributed by atoms with van der Waals surface area (Å²) in [6, 6.07) is 9.70. The monoisotopic (exact) mass is 310 g/mol. The van der Waals surface area contributed by atoms with E-state index in [-0.39, 0.29) is 24.4 Å². The minimum atomic E-state index is -0.207. The molecule has 1 aromatic rings. The fourth-order valence-corrected chi connectivity index (χ4v) is 2.62. The average Bonchev–Trinajstić information content (AvgIpc) is 2.62. The van der Waals surface area contributed by atoms with Crippen molar-refractivity contribution in [3.63, 3.8) is 0 Å². The van der Waals surface area contributed by atoms with Crippen molar-refractivity contribution in [3.8, 4) is 0 Å². The normalized spacial score (nSPS) is 17.4. The number of hydrogen-bond acceptors (Lipinski definition) is 2. The van der Waals surface area contributed by atoms with Gasteiger partial charge in [-0.3, -0.25) is 9.69 Å². The highest BCUT2D eigenvalue weighted by atomic mass is 79.9. The van der Waals surface area contributed by atoms with Crippen LogP contribution in [-0.2, 0) is 4.79 Å². The zero-order valence-electron chi connectivity index (χ0n) is 10.2. The van der Waals surface area contributed by atoms with Gasteiger partial charge in [-0.15, -0.1) is 0 Å². The van der Waals surface area contributed by atoms with Gasteiger partial charge in [0, 0.05) is 24.8 Å². The van der Waals surface area contributed by atoms with Crippen LogP contribution in [-0.4, -0.2) is 47.2 Å². The summed E-state index contributed by atoms with van der Waals surface area (Å²) >= 11 is 3.45. The van der Waals surface area contributed by atoms with E-state index in [2.05, 4.69) is 15.9 Å². The third-order valence-electron chi connectivity index (χ3n) is 3.09. The van der Waals surface area contributed by atoms with E-state index in [4.69, 9.17) is 0 Å². The standard InChI is InChI=1S/C13H15BrN2O2/c1-15-9-12(17)16(13(15)18)8-11(7-14)10-5-3-2-4-6-10/h2-6,11H,7-9H2,1H3. The Labute approximate surface area is 115 Å². The van der Waals surface area contributed by atoms with Crippen molar-refractivity contribution in [1.82, 2.24) is 9.80 Å². The predicted molar refractivity (Wildman–Crippen MR) is 72.7 cm³/mol. The van der Waals surface area contributed by atoms with Crippen molar-refractivity contribution in [1.29, 1.82) is 0 Å². The number of benzene rings is 1. The fraction of sp³-hybridized carbons (Fsp3) is 0.385. The highest BCUT2D eigenvalue weighted by Gasteiger charge is 2.34. The summed E-state index contributed by atoms with van der Waals surface area (Å²) in [4.78, 5) is 26.3. The molecule has 1 aliphatic heterocycles.